The molecule has 0 aliphatic heterocycles. The Balaban J connectivity index is 0.000000119. The van der Waals surface area contributed by atoms with Crippen molar-refractivity contribution < 1.29 is 0 Å². The van der Waals surface area contributed by atoms with Crippen LogP contribution < -0.4 is 31.1 Å². The summed E-state index contributed by atoms with van der Waals surface area (Å²) in [5.74, 6) is 5.79. The molecule has 16 heteroatoms. The Morgan fingerprint density at radius 2 is 0.396 bits per heavy atom. The number of hydrogen-bond donors (Lipinski definition) is 0. The molecule has 0 saturated carbocycles. The van der Waals surface area contributed by atoms with Gasteiger partial charge in [-0.3, -0.25) is 9.13 Å². The standard InChI is InChI=1S/C51H35N5Si.2C36H30N4Si/c1-4-20-37(21-5-1)57(38-22-6-2-7-23-38,39-24-8-3-9-25-39)40-26-18-19-36(35-40)49-52-50(55-45-31-14-10-27-41(45)42-28-11-15-32-46(42)55)54-51(53-49)56-47-33-16-12-29-43(47)44-30-13-17-34-48(44)56;1-41(2,3)29-21-18-26(19-22-29)35-37-34(25-12-6-4-7-13-25)38-36(39-35)27-20-23-33-31(24-27)30-16-10-11-17-32(30)40(33)28-14-8-5-9-15-28;1-41(2,3)29-18-12-16-27(24-29)36-38-34(25-13-5-4-6-14-25)37-35(39-36)26-15-11-17-28(23-26)40-32-21-9-7-19-30(32)31-20-8-10-22-33(31)40/h1-35H;2*4-24H,1-3H3. The smallest absolute Gasteiger partial charge is 0.240 e. The van der Waals surface area contributed by atoms with Crippen molar-refractivity contribution in [2.75, 3.05) is 0 Å². The summed E-state index contributed by atoms with van der Waals surface area (Å²) in [6.07, 6.45) is 0. The number of rotatable bonds is 17. The maximum Gasteiger partial charge on any atom is 0.240 e. The van der Waals surface area contributed by atoms with Gasteiger partial charge in [0.2, 0.25) is 11.9 Å². The maximum atomic E-state index is 5.40. The fraction of sp³-hybridized carbons (Fsp3) is 0.0488. The summed E-state index contributed by atoms with van der Waals surface area (Å²) >= 11 is 0. The summed E-state index contributed by atoms with van der Waals surface area (Å²) < 4.78 is 9.02. The van der Waals surface area contributed by atoms with E-state index in [9.17, 15) is 0 Å². The van der Waals surface area contributed by atoms with Crippen LogP contribution in [0.1, 0.15) is 0 Å². The largest absolute Gasteiger partial charge is 0.309 e. The Bertz CT molecular complexity index is 8510. The summed E-state index contributed by atoms with van der Waals surface area (Å²) in [4.78, 5) is 46.1. The van der Waals surface area contributed by atoms with Crippen molar-refractivity contribution in [2.45, 2.75) is 39.3 Å². The molecule has 7 heterocycles. The second-order valence-corrected chi connectivity index (χ2v) is 51.2. The van der Waals surface area contributed by atoms with Crippen LogP contribution in [0.5, 0.6) is 0 Å². The molecule has 13 nitrogen and oxygen atoms in total. The zero-order chi connectivity index (χ0) is 93.7. The van der Waals surface area contributed by atoms with Gasteiger partial charge >= 0.3 is 0 Å². The molecule has 0 atom stereocenters. The zero-order valence-corrected chi connectivity index (χ0v) is 80.8. The molecule has 0 unspecified atom stereocenters. The van der Waals surface area contributed by atoms with Gasteiger partial charge in [0.05, 0.1) is 60.3 Å². The van der Waals surface area contributed by atoms with Crippen LogP contribution in [0.4, 0.5) is 0 Å². The van der Waals surface area contributed by atoms with Gasteiger partial charge in [0.1, 0.15) is 0 Å². The Morgan fingerprint density at radius 1 is 0.151 bits per heavy atom. The van der Waals surface area contributed by atoms with Gasteiger partial charge in [-0.05, 0) is 106 Å². The Labute approximate surface area is 809 Å². The van der Waals surface area contributed by atoms with E-state index in [1.807, 2.05) is 48.5 Å². The number of benzene rings is 18. The third-order valence-corrected chi connectivity index (χ3v) is 35.4. The molecule has 0 saturated heterocycles. The van der Waals surface area contributed by atoms with Gasteiger partial charge < -0.3 is 9.13 Å². The molecule has 0 amide bonds. The zero-order valence-electron chi connectivity index (χ0n) is 77.8. The van der Waals surface area contributed by atoms with E-state index >= 15 is 0 Å². The van der Waals surface area contributed by atoms with E-state index in [1.165, 1.54) is 69.2 Å². The molecule has 0 aliphatic carbocycles. The van der Waals surface area contributed by atoms with E-state index in [0.29, 0.717) is 52.7 Å². The fourth-order valence-electron chi connectivity index (χ4n) is 19.8. The molecule has 25 rings (SSSR count). The van der Waals surface area contributed by atoms with Crippen LogP contribution in [0, 0.1) is 0 Å². The van der Waals surface area contributed by atoms with E-state index in [0.717, 1.165) is 99.4 Å². The highest BCUT2D eigenvalue weighted by Crippen LogP contribution is 2.40. The lowest BCUT2D eigenvalue weighted by Crippen LogP contribution is -2.74. The lowest BCUT2D eigenvalue weighted by atomic mass is 10.1. The number of aromatic nitrogens is 13. The van der Waals surface area contributed by atoms with Crippen molar-refractivity contribution in [1.82, 2.24) is 63.1 Å². The lowest BCUT2D eigenvalue weighted by molar-refractivity contribution is 0.893. The fourth-order valence-corrected chi connectivity index (χ4v) is 27.0. The maximum absolute atomic E-state index is 5.40. The third-order valence-electron chi connectivity index (χ3n) is 26.6. The topological polar surface area (TPSA) is 136 Å². The number of hydrogen-bond acceptors (Lipinski definition) is 9. The first-order valence-corrected chi connectivity index (χ1v) is 56.2. The molecule has 664 valence electrons. The molecular formula is C123H95N13Si3. The van der Waals surface area contributed by atoms with E-state index in [1.54, 1.807) is 0 Å². The molecule has 7 aromatic heterocycles. The first kappa shape index (κ1) is 86.0. The van der Waals surface area contributed by atoms with Crippen molar-refractivity contribution in [2.24, 2.45) is 0 Å². The van der Waals surface area contributed by atoms with Gasteiger partial charge in [-0.2, -0.15) is 15.0 Å². The number of fused-ring (bicyclic) bond motifs is 12. The van der Waals surface area contributed by atoms with Crippen LogP contribution in [-0.4, -0.2) is 87.3 Å². The molecule has 0 fully saturated rings. The molecule has 139 heavy (non-hydrogen) atoms. The number of nitrogens with zero attached hydrogens (tertiary/aromatic N) is 13. The first-order chi connectivity index (χ1) is 68.2. The quantitative estimate of drug-likeness (QED) is 0.0645. The van der Waals surface area contributed by atoms with Crippen LogP contribution in [0.3, 0.4) is 0 Å². The summed E-state index contributed by atoms with van der Waals surface area (Å²) in [6.45, 7) is 14.2. The molecule has 0 radical (unpaired) electrons. The van der Waals surface area contributed by atoms with Crippen LogP contribution in [0.2, 0.25) is 39.3 Å². The average molecular weight is 1840 g/mol. The van der Waals surface area contributed by atoms with Crippen LogP contribution >= 0.6 is 0 Å². The molecule has 0 bridgehead atoms. The summed E-state index contributed by atoms with van der Waals surface area (Å²) in [7, 11) is -5.75. The van der Waals surface area contributed by atoms with Crippen molar-refractivity contribution in [3.63, 3.8) is 0 Å². The average Bonchev–Trinajstić information content (AvgIpc) is 1.12. The Kier molecular flexibility index (Phi) is 22.4. The predicted octanol–water partition coefficient (Wildman–Crippen LogP) is 26.1. The van der Waals surface area contributed by atoms with Crippen molar-refractivity contribution in [3.8, 4) is 103 Å². The molecule has 25 aromatic rings. The van der Waals surface area contributed by atoms with Gasteiger partial charge in [0, 0.05) is 93.4 Å². The minimum absolute atomic E-state index is 0.567. The van der Waals surface area contributed by atoms with E-state index in [-0.39, 0.29) is 0 Å². The highest BCUT2D eigenvalue weighted by molar-refractivity contribution is 7.20. The first-order valence-electron chi connectivity index (χ1n) is 47.2. The van der Waals surface area contributed by atoms with Crippen LogP contribution in [0.25, 0.3) is 190 Å². The monoisotopic (exact) mass is 1840 g/mol. The second kappa shape index (κ2) is 36.2. The lowest BCUT2D eigenvalue weighted by Gasteiger charge is -2.34. The van der Waals surface area contributed by atoms with E-state index in [4.69, 9.17) is 44.9 Å². The van der Waals surface area contributed by atoms with Crippen molar-refractivity contribution in [3.05, 3.63) is 467 Å². The van der Waals surface area contributed by atoms with Gasteiger partial charge in [-0.1, -0.05) is 432 Å². The van der Waals surface area contributed by atoms with Gasteiger partial charge in [-0.15, -0.1) is 0 Å². The molecule has 18 aromatic carbocycles. The van der Waals surface area contributed by atoms with Gasteiger partial charge in [-0.25, -0.2) is 29.9 Å². The Hall–Kier alpha value is -17.2. The minimum Gasteiger partial charge on any atom is -0.309 e. The summed E-state index contributed by atoms with van der Waals surface area (Å²) in [5, 5.41) is 17.4. The number of para-hydroxylation sites is 8. The summed E-state index contributed by atoms with van der Waals surface area (Å²) in [6, 6.07) is 165. The molecule has 0 aliphatic rings. The van der Waals surface area contributed by atoms with E-state index < -0.39 is 24.2 Å². The van der Waals surface area contributed by atoms with Crippen LogP contribution in [-0.2, 0) is 0 Å². The van der Waals surface area contributed by atoms with Crippen molar-refractivity contribution >= 4 is 143 Å². The van der Waals surface area contributed by atoms with Gasteiger partial charge in [0.15, 0.2) is 48.8 Å². The van der Waals surface area contributed by atoms with Crippen LogP contribution in [0.15, 0.2) is 467 Å². The highest BCUT2D eigenvalue weighted by Gasteiger charge is 2.42. The Morgan fingerprint density at radius 3 is 0.777 bits per heavy atom. The highest BCUT2D eigenvalue weighted by atomic mass is 28.3. The van der Waals surface area contributed by atoms with E-state index in [2.05, 4.69) is 476 Å². The SMILES string of the molecule is C[Si](C)(C)c1ccc(-c2nc(-c3ccccc3)nc(-c3ccc4c(c3)c3ccccc3n4-c3ccccc3)n2)cc1.C[Si](C)(C)c1cccc(-c2nc(-c3ccccc3)nc(-c3cccc(-n4c5ccccc5c5ccccc54)c3)n2)c1.c1ccc([Si](c2ccccc2)(c2ccccc2)c2cccc(-c3nc(-n4c5ccccc5c5ccccc54)nc(-n4c5ccccc5c5ccccc54)n3)c2)cc1. The predicted molar refractivity (Wildman–Crippen MR) is 584 cm³/mol. The van der Waals surface area contributed by atoms with Gasteiger partial charge in [0.25, 0.3) is 0 Å². The third kappa shape index (κ3) is 16.2. The molecule has 0 spiro atoms. The second-order valence-electron chi connectivity index (χ2n) is 37.3. The molecule has 0 N–H and O–H groups in total. The summed E-state index contributed by atoms with van der Waals surface area (Å²) in [5.41, 5.74) is 17.9. The van der Waals surface area contributed by atoms with Crippen molar-refractivity contribution in [1.29, 1.82) is 0 Å². The minimum atomic E-state index is -2.82. The molecular weight excluding hydrogens is 1740 g/mol. The normalized spacial score (nSPS) is 11.8.